The number of aromatic nitrogens is 1. The summed E-state index contributed by atoms with van der Waals surface area (Å²) in [6.45, 7) is -1.46. The first-order valence-electron chi connectivity index (χ1n) is 7.54. The van der Waals surface area contributed by atoms with Crippen LogP contribution in [0.5, 0.6) is 17.4 Å². The Balaban J connectivity index is 1.76. The van der Waals surface area contributed by atoms with Crippen molar-refractivity contribution in [3.8, 4) is 17.4 Å². The van der Waals surface area contributed by atoms with E-state index < -0.39 is 12.8 Å². The van der Waals surface area contributed by atoms with Crippen LogP contribution in [0.25, 0.3) is 0 Å². The average Bonchev–Trinajstić information content (AvgIpc) is 2.63. The van der Waals surface area contributed by atoms with Gasteiger partial charge in [0.2, 0.25) is 5.88 Å². The third-order valence-corrected chi connectivity index (χ3v) is 3.10. The minimum absolute atomic E-state index is 0.142. The summed E-state index contributed by atoms with van der Waals surface area (Å²) < 4.78 is 51.2. The van der Waals surface area contributed by atoms with Gasteiger partial charge in [-0.15, -0.1) is 0 Å². The molecule has 0 radical (unpaired) electrons. The number of nitrogens with zero attached hydrogens (tertiary/aromatic N) is 1. The minimum atomic E-state index is -4.42. The maximum absolute atomic E-state index is 12.1. The van der Waals surface area contributed by atoms with Crippen LogP contribution in [-0.2, 0) is 11.3 Å². The minimum Gasteiger partial charge on any atom is -0.493 e. The topological polar surface area (TPSA) is 69.7 Å². The molecule has 9 heteroatoms. The lowest BCUT2D eigenvalue weighted by Crippen LogP contribution is -2.28. The fourth-order valence-corrected chi connectivity index (χ4v) is 1.89. The Bertz CT molecular complexity index is 721. The Kier molecular flexibility index (Phi) is 6.65. The van der Waals surface area contributed by atoms with E-state index in [4.69, 9.17) is 9.47 Å². The van der Waals surface area contributed by atoms with E-state index in [2.05, 4.69) is 15.0 Å². The zero-order valence-electron chi connectivity index (χ0n) is 13.9. The molecule has 0 atom stereocenters. The van der Waals surface area contributed by atoms with E-state index >= 15 is 0 Å². The number of carbonyl (C=O) groups excluding carboxylic acids is 1. The summed E-state index contributed by atoms with van der Waals surface area (Å²) in [4.78, 5) is 15.6. The van der Waals surface area contributed by atoms with Gasteiger partial charge in [-0.3, -0.25) is 4.79 Å². The van der Waals surface area contributed by atoms with Crippen molar-refractivity contribution < 1.29 is 32.2 Å². The second-order valence-corrected chi connectivity index (χ2v) is 5.12. The van der Waals surface area contributed by atoms with Crippen LogP contribution in [0, 0.1) is 0 Å². The van der Waals surface area contributed by atoms with Crippen LogP contribution < -0.4 is 19.5 Å². The van der Waals surface area contributed by atoms with Gasteiger partial charge in [0.1, 0.15) is 0 Å². The van der Waals surface area contributed by atoms with Gasteiger partial charge in [0, 0.05) is 18.8 Å². The second kappa shape index (κ2) is 8.93. The highest BCUT2D eigenvalue weighted by Crippen LogP contribution is 2.25. The van der Waals surface area contributed by atoms with Gasteiger partial charge >= 0.3 is 6.18 Å². The highest BCUT2D eigenvalue weighted by molar-refractivity contribution is 5.77. The molecular weight excluding hydrogens is 353 g/mol. The van der Waals surface area contributed by atoms with Gasteiger partial charge in [0.05, 0.1) is 7.11 Å². The number of nitrogens with one attached hydrogen (secondary N) is 1. The Hall–Kier alpha value is -2.97. The molecule has 0 unspecified atom stereocenters. The summed E-state index contributed by atoms with van der Waals surface area (Å²) in [5, 5.41) is 2.62. The lowest BCUT2D eigenvalue weighted by atomic mass is 10.3. The predicted octanol–water partition coefficient (Wildman–Crippen LogP) is 2.73. The molecule has 0 bridgehead atoms. The van der Waals surface area contributed by atoms with E-state index in [9.17, 15) is 18.0 Å². The third-order valence-electron chi connectivity index (χ3n) is 3.10. The van der Waals surface area contributed by atoms with Crippen molar-refractivity contribution in [3.05, 3.63) is 48.2 Å². The summed E-state index contributed by atoms with van der Waals surface area (Å²) in [6, 6.07) is 9.74. The molecule has 1 amide bonds. The number of methoxy groups -OCH3 is 1. The van der Waals surface area contributed by atoms with Crippen LogP contribution in [0.2, 0.25) is 0 Å². The Morgan fingerprint density at radius 2 is 1.85 bits per heavy atom. The molecule has 2 aromatic rings. The van der Waals surface area contributed by atoms with Crippen molar-refractivity contribution in [2.45, 2.75) is 12.7 Å². The number of alkyl halides is 3. The van der Waals surface area contributed by atoms with Crippen molar-refractivity contribution in [2.75, 3.05) is 20.3 Å². The molecule has 6 nitrogen and oxygen atoms in total. The zero-order chi connectivity index (χ0) is 19.0. The van der Waals surface area contributed by atoms with Crippen molar-refractivity contribution in [1.29, 1.82) is 0 Å². The number of carbonyl (C=O) groups is 1. The molecule has 1 heterocycles. The molecule has 0 spiro atoms. The molecule has 0 saturated carbocycles. The third kappa shape index (κ3) is 6.50. The summed E-state index contributed by atoms with van der Waals surface area (Å²) in [5.74, 6) is 0.446. The molecule has 0 fully saturated rings. The van der Waals surface area contributed by atoms with Crippen molar-refractivity contribution in [3.63, 3.8) is 0 Å². The first-order chi connectivity index (χ1) is 12.4. The van der Waals surface area contributed by atoms with Gasteiger partial charge in [-0.2, -0.15) is 13.2 Å². The van der Waals surface area contributed by atoms with E-state index in [0.717, 1.165) is 0 Å². The normalized spacial score (nSPS) is 10.9. The smallest absolute Gasteiger partial charge is 0.422 e. The maximum atomic E-state index is 12.1. The van der Waals surface area contributed by atoms with E-state index in [1.165, 1.54) is 25.4 Å². The van der Waals surface area contributed by atoms with Crippen LogP contribution in [0.4, 0.5) is 13.2 Å². The van der Waals surface area contributed by atoms with E-state index in [1.807, 2.05) is 0 Å². The summed E-state index contributed by atoms with van der Waals surface area (Å²) >= 11 is 0. The first-order valence-corrected chi connectivity index (χ1v) is 7.54. The standard InChI is InChI=1S/C17H17F3N2O4/c1-24-13-4-2-3-5-14(13)25-10-15(23)21-8-12-6-7-16(22-9-12)26-11-17(18,19)20/h2-7,9H,8,10-11H2,1H3,(H,21,23). The van der Waals surface area contributed by atoms with E-state index in [0.29, 0.717) is 17.1 Å². The number of hydrogen-bond acceptors (Lipinski definition) is 5. The summed E-state index contributed by atoms with van der Waals surface area (Å²) in [5.41, 5.74) is 0.606. The first kappa shape index (κ1) is 19.4. The monoisotopic (exact) mass is 370 g/mol. The van der Waals surface area contributed by atoms with Gasteiger partial charge in [-0.1, -0.05) is 18.2 Å². The molecule has 0 saturated heterocycles. The van der Waals surface area contributed by atoms with Crippen LogP contribution in [-0.4, -0.2) is 37.4 Å². The van der Waals surface area contributed by atoms with Crippen LogP contribution in [0.3, 0.4) is 0 Å². The van der Waals surface area contributed by atoms with Crippen LogP contribution in [0.1, 0.15) is 5.56 Å². The molecule has 1 aromatic carbocycles. The molecule has 2 rings (SSSR count). The molecule has 0 aliphatic carbocycles. The molecule has 1 N–H and O–H groups in total. The maximum Gasteiger partial charge on any atom is 0.422 e. The number of amides is 1. The van der Waals surface area contributed by atoms with Gasteiger partial charge in [-0.25, -0.2) is 4.98 Å². The Labute approximate surface area is 147 Å². The molecule has 0 aliphatic rings. The molecule has 0 aliphatic heterocycles. The SMILES string of the molecule is COc1ccccc1OCC(=O)NCc1ccc(OCC(F)(F)F)nc1. The number of hydrogen-bond donors (Lipinski definition) is 1. The summed E-state index contributed by atoms with van der Waals surface area (Å²) in [7, 11) is 1.50. The average molecular weight is 370 g/mol. The van der Waals surface area contributed by atoms with Gasteiger partial charge in [-0.05, 0) is 17.7 Å². The fraction of sp³-hybridized carbons (Fsp3) is 0.294. The Morgan fingerprint density at radius 3 is 2.46 bits per heavy atom. The van der Waals surface area contributed by atoms with Crippen molar-refractivity contribution in [2.24, 2.45) is 0 Å². The van der Waals surface area contributed by atoms with Crippen molar-refractivity contribution >= 4 is 5.91 Å². The fourth-order valence-electron chi connectivity index (χ4n) is 1.89. The largest absolute Gasteiger partial charge is 0.493 e. The predicted molar refractivity (Wildman–Crippen MR) is 86.1 cm³/mol. The number of rotatable bonds is 8. The van der Waals surface area contributed by atoms with E-state index in [1.54, 1.807) is 24.3 Å². The molecule has 1 aromatic heterocycles. The lowest BCUT2D eigenvalue weighted by molar-refractivity contribution is -0.154. The summed E-state index contributed by atoms with van der Waals surface area (Å²) in [6.07, 6.45) is -3.09. The molecule has 140 valence electrons. The van der Waals surface area contributed by atoms with Crippen LogP contribution >= 0.6 is 0 Å². The van der Waals surface area contributed by atoms with Crippen molar-refractivity contribution in [1.82, 2.24) is 10.3 Å². The van der Waals surface area contributed by atoms with Crippen LogP contribution in [0.15, 0.2) is 42.6 Å². The second-order valence-electron chi connectivity index (χ2n) is 5.12. The zero-order valence-corrected chi connectivity index (χ0v) is 13.9. The van der Waals surface area contributed by atoms with Gasteiger partial charge < -0.3 is 19.5 Å². The number of pyridine rings is 1. The number of ether oxygens (including phenoxy) is 3. The van der Waals surface area contributed by atoms with E-state index in [-0.39, 0.29) is 24.9 Å². The highest BCUT2D eigenvalue weighted by atomic mass is 19.4. The quantitative estimate of drug-likeness (QED) is 0.774. The number of benzene rings is 1. The number of para-hydroxylation sites is 2. The molecular formula is C17H17F3N2O4. The lowest BCUT2D eigenvalue weighted by Gasteiger charge is -2.11. The molecule has 26 heavy (non-hydrogen) atoms. The Morgan fingerprint density at radius 1 is 1.12 bits per heavy atom. The van der Waals surface area contributed by atoms with Gasteiger partial charge in [0.25, 0.3) is 5.91 Å². The number of halogens is 3. The van der Waals surface area contributed by atoms with Gasteiger partial charge in [0.15, 0.2) is 24.7 Å². The highest BCUT2D eigenvalue weighted by Gasteiger charge is 2.28.